The molecule has 8 atom stereocenters. The van der Waals surface area contributed by atoms with Gasteiger partial charge in [-0.15, -0.1) is 0 Å². The van der Waals surface area contributed by atoms with Crippen molar-refractivity contribution in [2.75, 3.05) is 0 Å². The highest BCUT2D eigenvalue weighted by molar-refractivity contribution is 6.11. The van der Waals surface area contributed by atoms with Gasteiger partial charge in [0.15, 0.2) is 0 Å². The van der Waals surface area contributed by atoms with Crippen molar-refractivity contribution in [2.24, 2.45) is 46.3 Å². The van der Waals surface area contributed by atoms with E-state index in [4.69, 9.17) is 0 Å². The van der Waals surface area contributed by atoms with Crippen molar-refractivity contribution in [3.05, 3.63) is 12.2 Å². The molecule has 0 heterocycles. The molecule has 0 aliphatic heterocycles. The molecular formula is C15H14O2. The summed E-state index contributed by atoms with van der Waals surface area (Å²) >= 11 is 0. The number of rotatable bonds is 0. The van der Waals surface area contributed by atoms with Gasteiger partial charge < -0.3 is 0 Å². The Morgan fingerprint density at radius 3 is 1.82 bits per heavy atom. The quantitative estimate of drug-likeness (QED) is 0.588. The minimum atomic E-state index is -0.194. The molecule has 6 aliphatic carbocycles. The normalized spacial score (nSPS) is 71.3. The highest BCUT2D eigenvalue weighted by Crippen LogP contribution is 2.91. The first-order chi connectivity index (χ1) is 8.25. The van der Waals surface area contributed by atoms with Crippen LogP contribution in [0.5, 0.6) is 0 Å². The van der Waals surface area contributed by atoms with Gasteiger partial charge in [-0.3, -0.25) is 9.59 Å². The van der Waals surface area contributed by atoms with Crippen molar-refractivity contribution in [3.8, 4) is 0 Å². The van der Waals surface area contributed by atoms with Crippen LogP contribution in [0, 0.1) is 46.3 Å². The summed E-state index contributed by atoms with van der Waals surface area (Å²) in [4.78, 5) is 25.6. The van der Waals surface area contributed by atoms with Crippen LogP contribution in [-0.2, 0) is 9.59 Å². The van der Waals surface area contributed by atoms with Crippen molar-refractivity contribution in [1.82, 2.24) is 0 Å². The summed E-state index contributed by atoms with van der Waals surface area (Å²) in [5, 5.41) is 0. The van der Waals surface area contributed by atoms with Crippen LogP contribution >= 0.6 is 0 Å². The van der Waals surface area contributed by atoms with Gasteiger partial charge in [0.1, 0.15) is 11.6 Å². The minimum absolute atomic E-state index is 0.163. The van der Waals surface area contributed by atoms with E-state index in [2.05, 4.69) is 12.2 Å². The maximum Gasteiger partial charge on any atom is 0.144 e. The lowest BCUT2D eigenvalue weighted by molar-refractivity contribution is -0.191. The predicted molar refractivity (Wildman–Crippen MR) is 58.8 cm³/mol. The Morgan fingerprint density at radius 1 is 0.882 bits per heavy atom. The topological polar surface area (TPSA) is 34.1 Å². The fraction of sp³-hybridized carbons (Fsp3) is 0.733. The first-order valence-corrected chi connectivity index (χ1v) is 6.99. The van der Waals surface area contributed by atoms with Crippen LogP contribution in [0.2, 0.25) is 0 Å². The molecule has 0 aromatic rings. The Morgan fingerprint density at radius 2 is 1.35 bits per heavy atom. The van der Waals surface area contributed by atoms with E-state index in [1.54, 1.807) is 0 Å². The number of carbonyl (C=O) groups is 2. The summed E-state index contributed by atoms with van der Waals surface area (Å²) in [6.45, 7) is 0. The Labute approximate surface area is 99.4 Å². The summed E-state index contributed by atoms with van der Waals surface area (Å²) in [5.74, 6) is 3.78. The second-order valence-electron chi connectivity index (χ2n) is 7.22. The summed E-state index contributed by atoms with van der Waals surface area (Å²) in [5.41, 5.74) is -0.388. The van der Waals surface area contributed by atoms with E-state index in [9.17, 15) is 9.59 Å². The molecule has 2 bridgehead atoms. The van der Waals surface area contributed by atoms with Crippen molar-refractivity contribution >= 4 is 11.6 Å². The van der Waals surface area contributed by atoms with Crippen LogP contribution in [0.25, 0.3) is 0 Å². The molecule has 86 valence electrons. The molecule has 6 aliphatic rings. The van der Waals surface area contributed by atoms with Gasteiger partial charge >= 0.3 is 0 Å². The van der Waals surface area contributed by atoms with Gasteiger partial charge in [0.05, 0.1) is 0 Å². The zero-order valence-electron chi connectivity index (χ0n) is 9.56. The third-order valence-corrected chi connectivity index (χ3v) is 7.63. The third kappa shape index (κ3) is 0.434. The van der Waals surface area contributed by atoms with Gasteiger partial charge in [-0.2, -0.15) is 0 Å². The Bertz CT molecular complexity index is 513. The third-order valence-electron chi connectivity index (χ3n) is 7.63. The van der Waals surface area contributed by atoms with E-state index in [0.717, 1.165) is 12.8 Å². The summed E-state index contributed by atoms with van der Waals surface area (Å²) < 4.78 is 0. The van der Waals surface area contributed by atoms with Crippen molar-refractivity contribution in [1.29, 1.82) is 0 Å². The zero-order valence-corrected chi connectivity index (χ0v) is 9.56. The summed E-state index contributed by atoms with van der Waals surface area (Å²) in [6.07, 6.45) is 7.32. The molecule has 5 fully saturated rings. The van der Waals surface area contributed by atoms with Crippen LogP contribution in [0.15, 0.2) is 12.2 Å². The molecule has 0 radical (unpaired) electrons. The number of carbonyl (C=O) groups excluding carboxylic acids is 2. The van der Waals surface area contributed by atoms with E-state index < -0.39 is 0 Å². The molecule has 2 spiro atoms. The van der Waals surface area contributed by atoms with E-state index in [0.29, 0.717) is 35.2 Å². The lowest BCUT2D eigenvalue weighted by atomic mass is 9.36. The molecule has 2 heteroatoms. The average molecular weight is 226 g/mol. The molecule has 0 saturated heterocycles. The molecule has 17 heavy (non-hydrogen) atoms. The first kappa shape index (κ1) is 8.23. The summed E-state index contributed by atoms with van der Waals surface area (Å²) in [6, 6.07) is 0. The molecule has 6 rings (SSSR count). The molecule has 0 amide bonds. The maximum absolute atomic E-state index is 12.8. The highest BCUT2D eigenvalue weighted by Gasteiger charge is 2.95. The molecule has 2 nitrogen and oxygen atoms in total. The second kappa shape index (κ2) is 1.86. The van der Waals surface area contributed by atoms with Crippen LogP contribution in [0.3, 0.4) is 0 Å². The highest BCUT2D eigenvalue weighted by atomic mass is 16.2. The van der Waals surface area contributed by atoms with E-state index in [1.807, 2.05) is 0 Å². The minimum Gasteiger partial charge on any atom is -0.299 e. The monoisotopic (exact) mass is 226 g/mol. The second-order valence-corrected chi connectivity index (χ2v) is 7.22. The number of hydrogen-bond donors (Lipinski definition) is 0. The molecule has 4 unspecified atom stereocenters. The zero-order chi connectivity index (χ0) is 11.2. The number of fused-ring (bicyclic) bond motifs is 1. The Hall–Kier alpha value is -0.920. The molecule has 0 aromatic heterocycles. The van der Waals surface area contributed by atoms with E-state index in [1.165, 1.54) is 6.42 Å². The van der Waals surface area contributed by atoms with E-state index in [-0.39, 0.29) is 22.7 Å². The van der Waals surface area contributed by atoms with Gasteiger partial charge in [-0.25, -0.2) is 0 Å². The van der Waals surface area contributed by atoms with Crippen LogP contribution in [0.1, 0.15) is 19.3 Å². The standard InChI is InChI=1S/C15H14O2/c16-12-8-6-5-7-9(8)13(17)15-4-2-1-3-14(12,15)10(6)11(7)15/h1-2,6-11H,3-5H2/t6-,7+,8+,9-,10?,11?,14?,15?. The van der Waals surface area contributed by atoms with Gasteiger partial charge in [0.25, 0.3) is 0 Å². The molecule has 0 N–H and O–H groups in total. The average Bonchev–Trinajstić information content (AvgIpc) is 2.86. The number of allylic oxidation sites excluding steroid dienone is 2. The van der Waals surface area contributed by atoms with Gasteiger partial charge in [0.2, 0.25) is 0 Å². The lowest BCUT2D eigenvalue weighted by Crippen LogP contribution is -2.68. The number of ketones is 2. The Kier molecular flexibility index (Phi) is 0.901. The van der Waals surface area contributed by atoms with Crippen molar-refractivity contribution in [2.45, 2.75) is 19.3 Å². The van der Waals surface area contributed by atoms with Gasteiger partial charge in [-0.1, -0.05) is 12.2 Å². The fourth-order valence-electron chi connectivity index (χ4n) is 7.71. The van der Waals surface area contributed by atoms with Gasteiger partial charge in [-0.05, 0) is 42.9 Å². The van der Waals surface area contributed by atoms with Crippen LogP contribution in [0.4, 0.5) is 0 Å². The summed E-state index contributed by atoms with van der Waals surface area (Å²) in [7, 11) is 0. The van der Waals surface area contributed by atoms with E-state index >= 15 is 0 Å². The smallest absolute Gasteiger partial charge is 0.144 e. The largest absolute Gasteiger partial charge is 0.299 e. The predicted octanol–water partition coefficient (Wildman–Crippen LogP) is 1.60. The lowest BCUT2D eigenvalue weighted by Gasteiger charge is -2.64. The SMILES string of the molecule is O=C1[C@H]2[C@H]3C(=O)C45CC=CCC14C1C5[C@@H]3C[C@H]12. The molecule has 5 saturated carbocycles. The maximum atomic E-state index is 12.8. The van der Waals surface area contributed by atoms with Crippen molar-refractivity contribution < 1.29 is 9.59 Å². The molecular weight excluding hydrogens is 212 g/mol. The molecule has 0 aromatic carbocycles. The number of Topliss-reactive ketones (excluding diaryl/α,β-unsaturated/α-hetero) is 2. The van der Waals surface area contributed by atoms with Crippen LogP contribution in [-0.4, -0.2) is 11.6 Å². The number of hydrogen-bond acceptors (Lipinski definition) is 2. The van der Waals surface area contributed by atoms with Gasteiger partial charge in [0, 0.05) is 22.7 Å². The Balaban J connectivity index is 1.79. The first-order valence-electron chi connectivity index (χ1n) is 6.99. The van der Waals surface area contributed by atoms with Crippen LogP contribution < -0.4 is 0 Å². The fourth-order valence-corrected chi connectivity index (χ4v) is 7.71. The van der Waals surface area contributed by atoms with Crippen molar-refractivity contribution in [3.63, 3.8) is 0 Å².